The van der Waals surface area contributed by atoms with Gasteiger partial charge in [-0.1, -0.05) is 0 Å². The van der Waals surface area contributed by atoms with Gasteiger partial charge in [-0.05, 0) is 58.2 Å². The molecule has 2 heterocycles. The van der Waals surface area contributed by atoms with Crippen molar-refractivity contribution in [2.45, 2.75) is 44.6 Å². The number of piperidine rings is 2. The molecule has 2 fully saturated rings. The highest BCUT2D eigenvalue weighted by molar-refractivity contribution is 5.69. The summed E-state index contributed by atoms with van der Waals surface area (Å²) in [6, 6.07) is 0. The molecule has 0 aromatic rings. The molecule has 2 saturated heterocycles. The molecule has 0 radical (unpaired) electrons. The van der Waals surface area contributed by atoms with Crippen LogP contribution in [0.3, 0.4) is 0 Å². The number of hydrogen-bond acceptors (Lipinski definition) is 4. The summed E-state index contributed by atoms with van der Waals surface area (Å²) in [7, 11) is 2.12. The van der Waals surface area contributed by atoms with Gasteiger partial charge in [0.15, 0.2) is 0 Å². The summed E-state index contributed by atoms with van der Waals surface area (Å²) in [5.74, 6) is 0.680. The number of nitrogens with one attached hydrogen (secondary N) is 1. The predicted octanol–water partition coefficient (Wildman–Crippen LogP) is 1.40. The van der Waals surface area contributed by atoms with Gasteiger partial charge in [0, 0.05) is 19.5 Å². The van der Waals surface area contributed by atoms with Crippen LogP contribution in [-0.4, -0.2) is 50.2 Å². The van der Waals surface area contributed by atoms with Gasteiger partial charge in [-0.3, -0.25) is 4.79 Å². The summed E-state index contributed by atoms with van der Waals surface area (Å²) in [5.41, 5.74) is 0. The molecule has 2 aliphatic heterocycles. The lowest BCUT2D eigenvalue weighted by atomic mass is 9.95. The summed E-state index contributed by atoms with van der Waals surface area (Å²) in [6.07, 6.45) is 6.24. The average molecular weight is 254 g/mol. The first-order valence-corrected chi connectivity index (χ1v) is 7.33. The van der Waals surface area contributed by atoms with Gasteiger partial charge in [0.05, 0.1) is 0 Å². The maximum Gasteiger partial charge on any atom is 0.306 e. The Balaban J connectivity index is 1.59. The van der Waals surface area contributed by atoms with Gasteiger partial charge in [-0.2, -0.15) is 0 Å². The summed E-state index contributed by atoms with van der Waals surface area (Å²) in [5, 5.41) is 3.39. The van der Waals surface area contributed by atoms with Crippen LogP contribution in [0.25, 0.3) is 0 Å². The highest BCUT2D eigenvalue weighted by Gasteiger charge is 2.21. The molecule has 104 valence electrons. The van der Waals surface area contributed by atoms with Crippen molar-refractivity contribution in [3.8, 4) is 0 Å². The predicted molar refractivity (Wildman–Crippen MR) is 71.4 cm³/mol. The quantitative estimate of drug-likeness (QED) is 0.770. The zero-order valence-electron chi connectivity index (χ0n) is 11.5. The number of carbonyl (C=O) groups is 1. The van der Waals surface area contributed by atoms with E-state index in [4.69, 9.17) is 4.74 Å². The second kappa shape index (κ2) is 7.10. The average Bonchev–Trinajstić information content (AvgIpc) is 2.40. The van der Waals surface area contributed by atoms with Crippen molar-refractivity contribution < 1.29 is 9.53 Å². The van der Waals surface area contributed by atoms with E-state index >= 15 is 0 Å². The van der Waals surface area contributed by atoms with Crippen LogP contribution >= 0.6 is 0 Å². The van der Waals surface area contributed by atoms with Crippen molar-refractivity contribution in [3.05, 3.63) is 0 Å². The maximum atomic E-state index is 11.8. The van der Waals surface area contributed by atoms with Gasteiger partial charge in [-0.15, -0.1) is 0 Å². The number of esters is 1. The smallest absolute Gasteiger partial charge is 0.306 e. The van der Waals surface area contributed by atoms with Gasteiger partial charge in [0.1, 0.15) is 6.10 Å². The minimum absolute atomic E-state index is 0.00938. The molecule has 1 unspecified atom stereocenters. The molecular weight excluding hydrogens is 228 g/mol. The summed E-state index contributed by atoms with van der Waals surface area (Å²) in [4.78, 5) is 14.1. The fraction of sp³-hybridized carbons (Fsp3) is 0.929. The first kappa shape index (κ1) is 13.8. The van der Waals surface area contributed by atoms with Crippen molar-refractivity contribution in [3.63, 3.8) is 0 Å². The van der Waals surface area contributed by atoms with E-state index in [0.29, 0.717) is 12.3 Å². The largest absolute Gasteiger partial charge is 0.462 e. The molecule has 1 atom stereocenters. The molecule has 0 aliphatic carbocycles. The van der Waals surface area contributed by atoms with E-state index in [1.807, 2.05) is 0 Å². The number of ether oxygens (including phenoxy) is 1. The Morgan fingerprint density at radius 1 is 1.33 bits per heavy atom. The lowest BCUT2D eigenvalue weighted by Gasteiger charge is -2.29. The monoisotopic (exact) mass is 254 g/mol. The van der Waals surface area contributed by atoms with Gasteiger partial charge in [-0.25, -0.2) is 0 Å². The maximum absolute atomic E-state index is 11.8. The molecule has 2 aliphatic rings. The Bertz CT molecular complexity index is 257. The fourth-order valence-electron chi connectivity index (χ4n) is 2.84. The molecular formula is C14H26N2O2. The van der Waals surface area contributed by atoms with E-state index < -0.39 is 0 Å². The third kappa shape index (κ3) is 4.58. The van der Waals surface area contributed by atoms with E-state index in [2.05, 4.69) is 17.3 Å². The van der Waals surface area contributed by atoms with Crippen molar-refractivity contribution >= 4 is 5.97 Å². The topological polar surface area (TPSA) is 41.6 Å². The van der Waals surface area contributed by atoms with Crippen molar-refractivity contribution in [2.24, 2.45) is 5.92 Å². The number of nitrogens with zero attached hydrogens (tertiary/aromatic N) is 1. The molecule has 0 bridgehead atoms. The molecule has 0 spiro atoms. The third-order valence-electron chi connectivity index (χ3n) is 4.12. The molecule has 4 heteroatoms. The Morgan fingerprint density at radius 2 is 2.11 bits per heavy atom. The first-order valence-electron chi connectivity index (χ1n) is 7.33. The highest BCUT2D eigenvalue weighted by Crippen LogP contribution is 2.18. The van der Waals surface area contributed by atoms with E-state index in [1.54, 1.807) is 0 Å². The van der Waals surface area contributed by atoms with Gasteiger partial charge in [0.25, 0.3) is 0 Å². The van der Waals surface area contributed by atoms with Crippen LogP contribution in [-0.2, 0) is 9.53 Å². The lowest BCUT2D eigenvalue weighted by molar-refractivity contribution is -0.151. The zero-order chi connectivity index (χ0) is 12.8. The molecule has 0 saturated carbocycles. The van der Waals surface area contributed by atoms with E-state index in [0.717, 1.165) is 45.4 Å². The molecule has 2 rings (SSSR count). The van der Waals surface area contributed by atoms with Crippen LogP contribution in [0.4, 0.5) is 0 Å². The number of likely N-dealkylation sites (tertiary alicyclic amines) is 1. The van der Waals surface area contributed by atoms with Crippen LogP contribution < -0.4 is 5.32 Å². The van der Waals surface area contributed by atoms with Crippen LogP contribution in [0, 0.1) is 5.92 Å². The fourth-order valence-corrected chi connectivity index (χ4v) is 2.84. The second-order valence-corrected chi connectivity index (χ2v) is 5.74. The van der Waals surface area contributed by atoms with Crippen molar-refractivity contribution in [2.75, 3.05) is 33.2 Å². The van der Waals surface area contributed by atoms with Crippen LogP contribution in [0.15, 0.2) is 0 Å². The summed E-state index contributed by atoms with van der Waals surface area (Å²) < 4.78 is 5.54. The van der Waals surface area contributed by atoms with Gasteiger partial charge in [0.2, 0.25) is 0 Å². The molecule has 1 N–H and O–H groups in total. The summed E-state index contributed by atoms with van der Waals surface area (Å²) in [6.45, 7) is 4.30. The standard InChI is InChI=1S/C14H26N2O2/c1-16-9-6-13(7-10-16)18-14(17)5-4-12-3-2-8-15-11-12/h12-13,15H,2-11H2,1H3. The minimum atomic E-state index is 0.00938. The van der Waals surface area contributed by atoms with E-state index in [9.17, 15) is 4.79 Å². The van der Waals surface area contributed by atoms with Gasteiger partial charge >= 0.3 is 5.97 Å². The van der Waals surface area contributed by atoms with Crippen molar-refractivity contribution in [1.82, 2.24) is 10.2 Å². The highest BCUT2D eigenvalue weighted by atomic mass is 16.5. The van der Waals surface area contributed by atoms with Gasteiger partial charge < -0.3 is 15.0 Å². The SMILES string of the molecule is CN1CCC(OC(=O)CCC2CCCNC2)CC1. The van der Waals surface area contributed by atoms with Crippen LogP contribution in [0.5, 0.6) is 0 Å². The van der Waals surface area contributed by atoms with Crippen molar-refractivity contribution in [1.29, 1.82) is 0 Å². The summed E-state index contributed by atoms with van der Waals surface area (Å²) >= 11 is 0. The van der Waals surface area contributed by atoms with Crippen LogP contribution in [0.2, 0.25) is 0 Å². The normalized spacial score (nSPS) is 27.1. The minimum Gasteiger partial charge on any atom is -0.462 e. The number of rotatable bonds is 4. The second-order valence-electron chi connectivity index (χ2n) is 5.74. The molecule has 0 amide bonds. The van der Waals surface area contributed by atoms with E-state index in [-0.39, 0.29) is 12.1 Å². The molecule has 0 aromatic carbocycles. The Kier molecular flexibility index (Phi) is 5.45. The molecule has 0 aromatic heterocycles. The van der Waals surface area contributed by atoms with E-state index in [1.165, 1.54) is 12.8 Å². The zero-order valence-corrected chi connectivity index (χ0v) is 11.5. The Labute approximate surface area is 110 Å². The third-order valence-corrected chi connectivity index (χ3v) is 4.12. The lowest BCUT2D eigenvalue weighted by Crippen LogP contribution is -2.35. The Hall–Kier alpha value is -0.610. The molecule has 4 nitrogen and oxygen atoms in total. The van der Waals surface area contributed by atoms with Crippen LogP contribution in [0.1, 0.15) is 38.5 Å². The first-order chi connectivity index (χ1) is 8.74. The molecule has 18 heavy (non-hydrogen) atoms. The number of hydrogen-bond donors (Lipinski definition) is 1. The Morgan fingerprint density at radius 3 is 2.78 bits per heavy atom. The number of carbonyl (C=O) groups excluding carboxylic acids is 1.